The van der Waals surface area contributed by atoms with Crippen molar-refractivity contribution in [1.82, 2.24) is 10.1 Å². The fourth-order valence-corrected chi connectivity index (χ4v) is 0.961. The lowest BCUT2D eigenvalue weighted by molar-refractivity contribution is 0.0170. The van der Waals surface area contributed by atoms with Gasteiger partial charge in [-0.25, -0.2) is 0 Å². The zero-order valence-electron chi connectivity index (χ0n) is 9.07. The molecule has 1 heterocycles. The molecule has 0 aliphatic rings. The van der Waals surface area contributed by atoms with Crippen LogP contribution in [0, 0.1) is 0 Å². The van der Waals surface area contributed by atoms with E-state index in [1.54, 1.807) is 7.11 Å². The predicted octanol–water partition coefficient (Wildman–Crippen LogP) is 1.06. The van der Waals surface area contributed by atoms with Crippen LogP contribution >= 0.6 is 0 Å². The van der Waals surface area contributed by atoms with Crippen LogP contribution in [0.4, 0.5) is 0 Å². The molecule has 5 nitrogen and oxygen atoms in total. The van der Waals surface area contributed by atoms with Gasteiger partial charge in [-0.3, -0.25) is 0 Å². The molecule has 0 saturated heterocycles. The highest BCUT2D eigenvalue weighted by atomic mass is 16.5. The Bertz CT molecular complexity index is 294. The summed E-state index contributed by atoms with van der Waals surface area (Å²) in [6, 6.07) is -0.196. The van der Waals surface area contributed by atoms with Crippen LogP contribution in [-0.2, 0) is 11.2 Å². The first-order chi connectivity index (χ1) is 6.44. The van der Waals surface area contributed by atoms with E-state index in [9.17, 15) is 0 Å². The minimum absolute atomic E-state index is 0.196. The second-order valence-electron chi connectivity index (χ2n) is 3.98. The van der Waals surface area contributed by atoms with Gasteiger partial charge < -0.3 is 15.0 Å². The highest BCUT2D eigenvalue weighted by Crippen LogP contribution is 2.15. The van der Waals surface area contributed by atoms with Crippen molar-refractivity contribution in [3.05, 3.63) is 11.7 Å². The molecule has 1 aromatic rings. The van der Waals surface area contributed by atoms with Crippen LogP contribution in [0.25, 0.3) is 0 Å². The lowest BCUT2D eigenvalue weighted by Gasteiger charge is -2.19. The standard InChI is InChI=1S/C9H17N3O2/c1-6(10)8-11-7(14-12-8)5-9(2,3)13-4/h6H,5,10H2,1-4H3. The molecule has 0 aliphatic heterocycles. The molecule has 1 atom stereocenters. The molecule has 0 aliphatic carbocycles. The largest absolute Gasteiger partial charge is 0.378 e. The van der Waals surface area contributed by atoms with Crippen LogP contribution in [0.3, 0.4) is 0 Å². The molecule has 0 radical (unpaired) electrons. The maximum absolute atomic E-state index is 5.61. The third kappa shape index (κ3) is 2.78. The van der Waals surface area contributed by atoms with Crippen molar-refractivity contribution in [2.45, 2.75) is 38.8 Å². The van der Waals surface area contributed by atoms with Crippen LogP contribution in [0.2, 0.25) is 0 Å². The summed E-state index contributed by atoms with van der Waals surface area (Å²) in [5.41, 5.74) is 5.32. The highest BCUT2D eigenvalue weighted by molar-refractivity contribution is 4.94. The van der Waals surface area contributed by atoms with Crippen molar-refractivity contribution < 1.29 is 9.26 Å². The van der Waals surface area contributed by atoms with Crippen LogP contribution in [0.1, 0.15) is 38.5 Å². The molecule has 1 aromatic heterocycles. The fourth-order valence-electron chi connectivity index (χ4n) is 0.961. The molecule has 2 N–H and O–H groups in total. The summed E-state index contributed by atoms with van der Waals surface area (Å²) in [4.78, 5) is 4.16. The molecular weight excluding hydrogens is 182 g/mol. The SMILES string of the molecule is COC(C)(C)Cc1nc(C(C)N)no1. The molecule has 1 rings (SSSR count). The summed E-state index contributed by atoms with van der Waals surface area (Å²) >= 11 is 0. The van der Waals surface area contributed by atoms with E-state index in [-0.39, 0.29) is 11.6 Å². The highest BCUT2D eigenvalue weighted by Gasteiger charge is 2.21. The maximum atomic E-state index is 5.61. The van der Waals surface area contributed by atoms with Gasteiger partial charge >= 0.3 is 0 Å². The molecule has 0 bridgehead atoms. The molecule has 0 fully saturated rings. The average molecular weight is 199 g/mol. The van der Waals surface area contributed by atoms with Crippen molar-refractivity contribution in [2.24, 2.45) is 5.73 Å². The van der Waals surface area contributed by atoms with Crippen molar-refractivity contribution in [3.8, 4) is 0 Å². The van der Waals surface area contributed by atoms with Gasteiger partial charge in [0.2, 0.25) is 5.89 Å². The Labute approximate surface area is 83.6 Å². The monoisotopic (exact) mass is 199 g/mol. The van der Waals surface area contributed by atoms with Crippen molar-refractivity contribution in [1.29, 1.82) is 0 Å². The Morgan fingerprint density at radius 2 is 2.21 bits per heavy atom. The van der Waals surface area contributed by atoms with Crippen LogP contribution in [-0.4, -0.2) is 22.9 Å². The van der Waals surface area contributed by atoms with Crippen LogP contribution in [0.15, 0.2) is 4.52 Å². The second kappa shape index (κ2) is 4.06. The van der Waals surface area contributed by atoms with Gasteiger partial charge in [0.25, 0.3) is 0 Å². The van der Waals surface area contributed by atoms with Gasteiger partial charge in [0.15, 0.2) is 5.82 Å². The number of ether oxygens (including phenoxy) is 1. The molecule has 0 amide bonds. The number of nitrogens with two attached hydrogens (primary N) is 1. The zero-order chi connectivity index (χ0) is 10.8. The van der Waals surface area contributed by atoms with Gasteiger partial charge in [0, 0.05) is 7.11 Å². The van der Waals surface area contributed by atoms with E-state index in [0.717, 1.165) is 0 Å². The normalized spacial score (nSPS) is 14.4. The smallest absolute Gasteiger partial charge is 0.229 e. The molecule has 0 aromatic carbocycles. The quantitative estimate of drug-likeness (QED) is 0.784. The molecule has 0 spiro atoms. The van der Waals surface area contributed by atoms with Crippen molar-refractivity contribution in [3.63, 3.8) is 0 Å². The number of hydrogen-bond donors (Lipinski definition) is 1. The lowest BCUT2D eigenvalue weighted by atomic mass is 10.1. The summed E-state index contributed by atoms with van der Waals surface area (Å²) in [5.74, 6) is 1.09. The molecule has 5 heteroatoms. The van der Waals surface area contributed by atoms with E-state index in [0.29, 0.717) is 18.1 Å². The summed E-state index contributed by atoms with van der Waals surface area (Å²) < 4.78 is 10.3. The molecular formula is C9H17N3O2. The van der Waals surface area contributed by atoms with Crippen LogP contribution in [0.5, 0.6) is 0 Å². The van der Waals surface area contributed by atoms with E-state index in [1.165, 1.54) is 0 Å². The topological polar surface area (TPSA) is 74.2 Å². The molecule has 1 unspecified atom stereocenters. The van der Waals surface area contributed by atoms with Gasteiger partial charge in [-0.2, -0.15) is 4.98 Å². The number of methoxy groups -OCH3 is 1. The number of hydrogen-bond acceptors (Lipinski definition) is 5. The first-order valence-corrected chi connectivity index (χ1v) is 4.58. The van der Waals surface area contributed by atoms with Crippen molar-refractivity contribution in [2.75, 3.05) is 7.11 Å². The Morgan fingerprint density at radius 1 is 1.57 bits per heavy atom. The van der Waals surface area contributed by atoms with E-state index in [2.05, 4.69) is 10.1 Å². The molecule has 14 heavy (non-hydrogen) atoms. The molecule has 0 saturated carbocycles. The Balaban J connectivity index is 2.69. The summed E-state index contributed by atoms with van der Waals surface area (Å²) in [6.45, 7) is 5.74. The minimum atomic E-state index is -0.290. The summed E-state index contributed by atoms with van der Waals surface area (Å²) in [5, 5.41) is 3.77. The van der Waals surface area contributed by atoms with Gasteiger partial charge in [0.05, 0.1) is 18.1 Å². The second-order valence-corrected chi connectivity index (χ2v) is 3.98. The zero-order valence-corrected chi connectivity index (χ0v) is 9.07. The third-order valence-electron chi connectivity index (χ3n) is 2.02. The van der Waals surface area contributed by atoms with Gasteiger partial charge in [0.1, 0.15) is 0 Å². The fraction of sp³-hybridized carbons (Fsp3) is 0.778. The maximum Gasteiger partial charge on any atom is 0.229 e. The van der Waals surface area contributed by atoms with Gasteiger partial charge in [-0.05, 0) is 20.8 Å². The van der Waals surface area contributed by atoms with Gasteiger partial charge in [-0.1, -0.05) is 5.16 Å². The number of nitrogens with zero attached hydrogens (tertiary/aromatic N) is 2. The predicted molar refractivity (Wildman–Crippen MR) is 51.7 cm³/mol. The first-order valence-electron chi connectivity index (χ1n) is 4.58. The third-order valence-corrected chi connectivity index (χ3v) is 2.02. The Hall–Kier alpha value is -0.940. The summed E-state index contributed by atoms with van der Waals surface area (Å²) in [6.07, 6.45) is 0.587. The Kier molecular flexibility index (Phi) is 3.23. The van der Waals surface area contributed by atoms with Gasteiger partial charge in [-0.15, -0.1) is 0 Å². The van der Waals surface area contributed by atoms with E-state index in [4.69, 9.17) is 15.0 Å². The van der Waals surface area contributed by atoms with E-state index in [1.807, 2.05) is 20.8 Å². The number of aromatic nitrogens is 2. The average Bonchev–Trinajstić information content (AvgIpc) is 2.52. The van der Waals surface area contributed by atoms with E-state index < -0.39 is 0 Å². The molecule has 80 valence electrons. The number of rotatable bonds is 4. The van der Waals surface area contributed by atoms with Crippen molar-refractivity contribution >= 4 is 0 Å². The Morgan fingerprint density at radius 3 is 2.64 bits per heavy atom. The minimum Gasteiger partial charge on any atom is -0.378 e. The summed E-state index contributed by atoms with van der Waals surface area (Å²) in [7, 11) is 1.66. The lowest BCUT2D eigenvalue weighted by Crippen LogP contribution is -2.25. The van der Waals surface area contributed by atoms with E-state index >= 15 is 0 Å². The van der Waals surface area contributed by atoms with Crippen LogP contribution < -0.4 is 5.73 Å². The first kappa shape index (κ1) is 11.1.